The van der Waals surface area contributed by atoms with Crippen LogP contribution in [0.5, 0.6) is 5.75 Å². The molecule has 5 aromatic rings. The van der Waals surface area contributed by atoms with Gasteiger partial charge in [0.25, 0.3) is 0 Å². The molecule has 176 valence electrons. The zero-order valence-corrected chi connectivity index (χ0v) is 18.5. The van der Waals surface area contributed by atoms with E-state index < -0.39 is 17.8 Å². The van der Waals surface area contributed by atoms with Crippen LogP contribution in [-0.4, -0.2) is 15.1 Å². The van der Waals surface area contributed by atoms with E-state index in [9.17, 15) is 18.3 Å². The maximum absolute atomic E-state index is 13.4. The summed E-state index contributed by atoms with van der Waals surface area (Å²) in [5.74, 6) is 1.33. The zero-order valence-electron chi connectivity index (χ0n) is 18.5. The molecule has 0 spiro atoms. The van der Waals surface area contributed by atoms with Crippen LogP contribution in [0.25, 0.3) is 22.4 Å². The van der Waals surface area contributed by atoms with Crippen molar-refractivity contribution in [2.75, 3.05) is 0 Å². The standard InChI is InChI=1S/C28H21F3N2O2/c29-28(30,31)23-9-5-4-8-22(23)26(34)20-12-15-24-25(16-20)33-27(32-24)19-10-13-21(14-11-19)35-17-18-6-2-1-3-7-18/h1-16,26,34H,17H2,(H,32,33). The van der Waals surface area contributed by atoms with Gasteiger partial charge in [-0.3, -0.25) is 0 Å². The van der Waals surface area contributed by atoms with Gasteiger partial charge in [-0.25, -0.2) is 4.98 Å². The van der Waals surface area contributed by atoms with Crippen LogP contribution in [0.15, 0.2) is 97.1 Å². The minimum atomic E-state index is -4.56. The molecule has 0 bridgehead atoms. The Morgan fingerprint density at radius 2 is 1.57 bits per heavy atom. The molecule has 0 fully saturated rings. The number of nitrogens with zero attached hydrogens (tertiary/aromatic N) is 1. The van der Waals surface area contributed by atoms with Gasteiger partial charge < -0.3 is 14.8 Å². The number of fused-ring (bicyclic) bond motifs is 1. The number of imidazole rings is 1. The Hall–Kier alpha value is -4.10. The first-order chi connectivity index (χ1) is 16.9. The highest BCUT2D eigenvalue weighted by molar-refractivity contribution is 5.80. The van der Waals surface area contributed by atoms with Crippen molar-refractivity contribution in [1.29, 1.82) is 0 Å². The molecule has 5 rings (SSSR count). The Bertz CT molecular complexity index is 1450. The summed E-state index contributed by atoms with van der Waals surface area (Å²) in [6.07, 6.45) is -5.98. The highest BCUT2D eigenvalue weighted by atomic mass is 19.4. The monoisotopic (exact) mass is 474 g/mol. The third-order valence-corrected chi connectivity index (χ3v) is 5.76. The number of benzene rings is 4. The van der Waals surface area contributed by atoms with E-state index >= 15 is 0 Å². The van der Waals surface area contributed by atoms with Gasteiger partial charge in [0.05, 0.1) is 16.6 Å². The fourth-order valence-corrected chi connectivity index (χ4v) is 3.96. The topological polar surface area (TPSA) is 58.1 Å². The molecule has 35 heavy (non-hydrogen) atoms. The van der Waals surface area contributed by atoms with Crippen molar-refractivity contribution in [1.82, 2.24) is 9.97 Å². The number of aromatic nitrogens is 2. The van der Waals surface area contributed by atoms with Gasteiger partial charge in [0, 0.05) is 5.56 Å². The first kappa shape index (κ1) is 22.7. The van der Waals surface area contributed by atoms with Crippen LogP contribution in [0.4, 0.5) is 13.2 Å². The molecule has 2 N–H and O–H groups in total. The van der Waals surface area contributed by atoms with Gasteiger partial charge in [-0.2, -0.15) is 13.2 Å². The molecule has 0 aliphatic carbocycles. The van der Waals surface area contributed by atoms with Gasteiger partial charge in [0.15, 0.2) is 0 Å². The van der Waals surface area contributed by atoms with Crippen LogP contribution in [0.3, 0.4) is 0 Å². The van der Waals surface area contributed by atoms with Gasteiger partial charge >= 0.3 is 6.18 Å². The first-order valence-corrected chi connectivity index (χ1v) is 11.0. The Morgan fingerprint density at radius 3 is 2.31 bits per heavy atom. The Kier molecular flexibility index (Phi) is 6.01. The van der Waals surface area contributed by atoms with Gasteiger partial charge in [-0.15, -0.1) is 0 Å². The summed E-state index contributed by atoms with van der Waals surface area (Å²) in [7, 11) is 0. The number of nitrogens with one attached hydrogen (secondary N) is 1. The molecular formula is C28H21F3N2O2. The number of H-pyrrole nitrogens is 1. The molecule has 0 amide bonds. The molecule has 0 saturated heterocycles. The lowest BCUT2D eigenvalue weighted by molar-refractivity contribution is -0.139. The number of alkyl halides is 3. The molecule has 4 nitrogen and oxygen atoms in total. The number of rotatable bonds is 6. The number of aliphatic hydroxyl groups is 1. The van der Waals surface area contributed by atoms with Crippen LogP contribution in [0, 0.1) is 0 Å². The van der Waals surface area contributed by atoms with Crippen molar-refractivity contribution >= 4 is 11.0 Å². The summed E-state index contributed by atoms with van der Waals surface area (Å²) in [4.78, 5) is 7.77. The second-order valence-corrected chi connectivity index (χ2v) is 8.15. The molecule has 4 aromatic carbocycles. The van der Waals surface area contributed by atoms with Crippen molar-refractivity contribution in [2.45, 2.75) is 18.9 Å². The van der Waals surface area contributed by atoms with E-state index in [1.807, 2.05) is 54.6 Å². The summed E-state index contributed by atoms with van der Waals surface area (Å²) in [6, 6.07) is 27.3. The number of halogens is 3. The Labute approximate surface area is 199 Å². The average molecular weight is 474 g/mol. The second kappa shape index (κ2) is 9.27. The van der Waals surface area contributed by atoms with Crippen molar-refractivity contribution < 1.29 is 23.0 Å². The smallest absolute Gasteiger partial charge is 0.416 e. The highest BCUT2D eigenvalue weighted by Crippen LogP contribution is 2.37. The molecule has 1 heterocycles. The summed E-state index contributed by atoms with van der Waals surface area (Å²) in [6.45, 7) is 0.466. The molecule has 1 unspecified atom stereocenters. The van der Waals surface area contributed by atoms with E-state index in [-0.39, 0.29) is 5.56 Å². The maximum Gasteiger partial charge on any atom is 0.416 e. The summed E-state index contributed by atoms with van der Waals surface area (Å²) < 4.78 is 46.0. The van der Waals surface area contributed by atoms with Crippen LogP contribution in [-0.2, 0) is 12.8 Å². The van der Waals surface area contributed by atoms with Gasteiger partial charge in [0.2, 0.25) is 0 Å². The van der Waals surface area contributed by atoms with Gasteiger partial charge in [-0.05, 0) is 59.2 Å². The first-order valence-electron chi connectivity index (χ1n) is 11.0. The van der Waals surface area contributed by atoms with E-state index in [4.69, 9.17) is 4.74 Å². The van der Waals surface area contributed by atoms with Crippen LogP contribution < -0.4 is 4.74 Å². The predicted octanol–water partition coefficient (Wildman–Crippen LogP) is 6.91. The Balaban J connectivity index is 1.37. The molecule has 7 heteroatoms. The molecule has 0 saturated carbocycles. The van der Waals surface area contributed by atoms with Crippen molar-refractivity contribution in [3.8, 4) is 17.1 Å². The number of ether oxygens (including phenoxy) is 1. The number of hydrogen-bond donors (Lipinski definition) is 2. The van der Waals surface area contributed by atoms with E-state index in [1.54, 1.807) is 18.2 Å². The average Bonchev–Trinajstić information content (AvgIpc) is 3.31. The van der Waals surface area contributed by atoms with E-state index in [0.29, 0.717) is 29.0 Å². The third kappa shape index (κ3) is 4.90. The zero-order chi connectivity index (χ0) is 24.4. The van der Waals surface area contributed by atoms with E-state index in [0.717, 1.165) is 22.9 Å². The third-order valence-electron chi connectivity index (χ3n) is 5.76. The number of aliphatic hydroxyl groups excluding tert-OH is 1. The van der Waals surface area contributed by atoms with Crippen LogP contribution in [0.1, 0.15) is 28.4 Å². The fraction of sp³-hybridized carbons (Fsp3) is 0.107. The number of hydrogen-bond acceptors (Lipinski definition) is 3. The summed E-state index contributed by atoms with van der Waals surface area (Å²) >= 11 is 0. The molecule has 0 radical (unpaired) electrons. The van der Waals surface area contributed by atoms with Crippen molar-refractivity contribution in [3.05, 3.63) is 119 Å². The quantitative estimate of drug-likeness (QED) is 0.281. The minimum absolute atomic E-state index is 0.190. The summed E-state index contributed by atoms with van der Waals surface area (Å²) in [5.41, 5.74) is 2.46. The largest absolute Gasteiger partial charge is 0.489 e. The van der Waals surface area contributed by atoms with Crippen LogP contribution >= 0.6 is 0 Å². The predicted molar refractivity (Wildman–Crippen MR) is 128 cm³/mol. The van der Waals surface area contributed by atoms with Gasteiger partial charge in [-0.1, -0.05) is 54.6 Å². The van der Waals surface area contributed by atoms with Crippen LogP contribution in [0.2, 0.25) is 0 Å². The molecule has 1 atom stereocenters. The SMILES string of the molecule is OC(c1ccc2nc(-c3ccc(OCc4ccccc4)cc3)[nH]c2c1)c1ccccc1C(F)(F)F. The molecule has 0 aliphatic heterocycles. The van der Waals surface area contributed by atoms with Crippen molar-refractivity contribution in [2.24, 2.45) is 0 Å². The molecule has 1 aromatic heterocycles. The second-order valence-electron chi connectivity index (χ2n) is 8.15. The molecular weight excluding hydrogens is 453 g/mol. The van der Waals surface area contributed by atoms with Crippen molar-refractivity contribution in [3.63, 3.8) is 0 Å². The van der Waals surface area contributed by atoms with E-state index in [1.165, 1.54) is 18.2 Å². The lowest BCUT2D eigenvalue weighted by atomic mass is 9.96. The summed E-state index contributed by atoms with van der Waals surface area (Å²) in [5, 5.41) is 10.7. The lowest BCUT2D eigenvalue weighted by Crippen LogP contribution is -2.12. The highest BCUT2D eigenvalue weighted by Gasteiger charge is 2.35. The lowest BCUT2D eigenvalue weighted by Gasteiger charge is -2.17. The minimum Gasteiger partial charge on any atom is -0.489 e. The maximum atomic E-state index is 13.4. The normalized spacial score (nSPS) is 12.6. The Morgan fingerprint density at radius 1 is 0.857 bits per heavy atom. The van der Waals surface area contributed by atoms with E-state index in [2.05, 4.69) is 9.97 Å². The fourth-order valence-electron chi connectivity index (χ4n) is 3.96. The molecule has 0 aliphatic rings. The van der Waals surface area contributed by atoms with Gasteiger partial charge in [0.1, 0.15) is 24.3 Å². The number of aromatic amines is 1.